The summed E-state index contributed by atoms with van der Waals surface area (Å²) in [6.45, 7) is 1.60. The molecular weight excluding hydrogens is 292 g/mol. The minimum Gasteiger partial charge on any atom is -0.341 e. The van der Waals surface area contributed by atoms with Crippen LogP contribution < -0.4 is 10.4 Å². The fourth-order valence-corrected chi connectivity index (χ4v) is 3.25. The van der Waals surface area contributed by atoms with Crippen LogP contribution in [-0.4, -0.2) is 34.2 Å². The Labute approximate surface area is 135 Å². The van der Waals surface area contributed by atoms with Gasteiger partial charge in [0.2, 0.25) is 5.95 Å². The van der Waals surface area contributed by atoms with Gasteiger partial charge in [-0.15, -0.1) is 0 Å². The van der Waals surface area contributed by atoms with Crippen molar-refractivity contribution in [3.8, 4) is 0 Å². The average molecular weight is 312 g/mol. The van der Waals surface area contributed by atoms with Crippen LogP contribution in [0, 0.1) is 5.92 Å². The molecule has 2 aromatic rings. The van der Waals surface area contributed by atoms with Crippen molar-refractivity contribution in [2.24, 2.45) is 5.92 Å². The number of anilines is 1. The maximum atomic E-state index is 12.2. The molecule has 1 unspecified atom stereocenters. The molecule has 1 saturated heterocycles. The van der Waals surface area contributed by atoms with Gasteiger partial charge < -0.3 is 4.90 Å². The highest BCUT2D eigenvalue weighted by molar-refractivity contribution is 5.83. The van der Waals surface area contributed by atoms with Gasteiger partial charge in [-0.3, -0.25) is 10.0 Å². The highest BCUT2D eigenvalue weighted by Crippen LogP contribution is 2.33. The first-order valence-electron chi connectivity index (χ1n) is 7.80. The van der Waals surface area contributed by atoms with Gasteiger partial charge >= 0.3 is 0 Å². The van der Waals surface area contributed by atoms with Crippen LogP contribution in [0.3, 0.4) is 0 Å². The maximum absolute atomic E-state index is 12.2. The maximum Gasteiger partial charge on any atom is 0.251 e. The van der Waals surface area contributed by atoms with Crippen molar-refractivity contribution in [1.82, 2.24) is 15.4 Å². The second-order valence-corrected chi connectivity index (χ2v) is 5.74. The molecule has 1 amide bonds. The molecule has 6 nitrogen and oxygen atoms in total. The van der Waals surface area contributed by atoms with Gasteiger partial charge in [0.1, 0.15) is 0 Å². The second-order valence-electron chi connectivity index (χ2n) is 5.74. The minimum absolute atomic E-state index is 0.185. The van der Waals surface area contributed by atoms with E-state index in [1.54, 1.807) is 18.5 Å². The zero-order valence-electron chi connectivity index (χ0n) is 12.8. The third kappa shape index (κ3) is 3.48. The highest BCUT2D eigenvalue weighted by atomic mass is 16.5. The fourth-order valence-electron chi connectivity index (χ4n) is 3.25. The smallest absolute Gasteiger partial charge is 0.251 e. The number of aromatic nitrogens is 2. The van der Waals surface area contributed by atoms with E-state index in [-0.39, 0.29) is 17.7 Å². The van der Waals surface area contributed by atoms with Crippen molar-refractivity contribution in [2.75, 3.05) is 18.0 Å². The van der Waals surface area contributed by atoms with Crippen molar-refractivity contribution in [1.29, 1.82) is 0 Å². The summed E-state index contributed by atoms with van der Waals surface area (Å²) in [4.78, 5) is 22.9. The van der Waals surface area contributed by atoms with Crippen LogP contribution in [0.4, 0.5) is 5.95 Å². The summed E-state index contributed by atoms with van der Waals surface area (Å²) in [7, 11) is 0. The summed E-state index contributed by atoms with van der Waals surface area (Å²) < 4.78 is 0. The normalized spacial score (nSPS) is 16.8. The molecule has 2 N–H and O–H groups in total. The Bertz CT molecular complexity index is 628. The van der Waals surface area contributed by atoms with Crippen LogP contribution in [0.5, 0.6) is 0 Å². The largest absolute Gasteiger partial charge is 0.341 e. The molecule has 0 radical (unpaired) electrons. The number of hydroxylamine groups is 1. The lowest BCUT2D eigenvalue weighted by Crippen LogP contribution is -2.40. The summed E-state index contributed by atoms with van der Waals surface area (Å²) >= 11 is 0. The van der Waals surface area contributed by atoms with E-state index < -0.39 is 0 Å². The number of carbonyl (C=O) groups excluding carboxylic acids is 1. The van der Waals surface area contributed by atoms with Crippen molar-refractivity contribution in [3.05, 3.63) is 54.4 Å². The average Bonchev–Trinajstić information content (AvgIpc) is 2.64. The van der Waals surface area contributed by atoms with E-state index in [0.717, 1.165) is 37.4 Å². The predicted octanol–water partition coefficient (Wildman–Crippen LogP) is 1.98. The molecule has 0 spiro atoms. The standard InChI is InChI=1S/C17H20N4O2/c22-16(20-23)15(13-5-2-1-3-6-13)14-7-11-21(12-8-14)17-18-9-4-10-19-17/h1-6,9-10,14-15,23H,7-8,11-12H2,(H,20,22). The zero-order chi connectivity index (χ0) is 16.1. The Morgan fingerprint density at radius 1 is 1.13 bits per heavy atom. The van der Waals surface area contributed by atoms with E-state index >= 15 is 0 Å². The van der Waals surface area contributed by atoms with Gasteiger partial charge in [0, 0.05) is 25.5 Å². The van der Waals surface area contributed by atoms with Crippen LogP contribution >= 0.6 is 0 Å². The summed E-state index contributed by atoms with van der Waals surface area (Å²) in [5.74, 6) is 0.240. The van der Waals surface area contributed by atoms with Crippen LogP contribution in [0.25, 0.3) is 0 Å². The van der Waals surface area contributed by atoms with Crippen LogP contribution in [-0.2, 0) is 4.79 Å². The summed E-state index contributed by atoms with van der Waals surface area (Å²) in [6.07, 6.45) is 5.18. The molecule has 2 heterocycles. The molecule has 1 aliphatic heterocycles. The number of amides is 1. The number of benzene rings is 1. The molecule has 1 aliphatic rings. The molecular formula is C17H20N4O2. The molecule has 23 heavy (non-hydrogen) atoms. The molecule has 0 aliphatic carbocycles. The Morgan fingerprint density at radius 2 is 1.78 bits per heavy atom. The van der Waals surface area contributed by atoms with E-state index in [1.807, 2.05) is 35.8 Å². The molecule has 0 bridgehead atoms. The topological polar surface area (TPSA) is 78.4 Å². The van der Waals surface area contributed by atoms with Crippen molar-refractivity contribution in [3.63, 3.8) is 0 Å². The lowest BCUT2D eigenvalue weighted by molar-refractivity contribution is -0.132. The van der Waals surface area contributed by atoms with E-state index in [2.05, 4.69) is 14.9 Å². The Morgan fingerprint density at radius 3 is 2.39 bits per heavy atom. The number of hydrogen-bond donors (Lipinski definition) is 2. The van der Waals surface area contributed by atoms with Gasteiger partial charge in [0.15, 0.2) is 0 Å². The third-order valence-corrected chi connectivity index (χ3v) is 4.40. The van der Waals surface area contributed by atoms with E-state index in [1.165, 1.54) is 0 Å². The van der Waals surface area contributed by atoms with Gasteiger partial charge in [-0.05, 0) is 30.4 Å². The molecule has 1 aromatic heterocycles. The number of carbonyl (C=O) groups is 1. The number of piperidine rings is 1. The number of rotatable bonds is 4. The number of hydrogen-bond acceptors (Lipinski definition) is 5. The molecule has 1 fully saturated rings. The zero-order valence-corrected chi connectivity index (χ0v) is 12.8. The SMILES string of the molecule is O=C(NO)C(c1ccccc1)C1CCN(c2ncccn2)CC1. The van der Waals surface area contributed by atoms with E-state index in [9.17, 15) is 4.79 Å². The Hall–Kier alpha value is -2.47. The van der Waals surface area contributed by atoms with Gasteiger partial charge in [0.05, 0.1) is 5.92 Å². The predicted molar refractivity (Wildman–Crippen MR) is 86.1 cm³/mol. The lowest BCUT2D eigenvalue weighted by atomic mass is 9.79. The molecule has 1 atom stereocenters. The van der Waals surface area contributed by atoms with Crippen molar-refractivity contribution in [2.45, 2.75) is 18.8 Å². The summed E-state index contributed by atoms with van der Waals surface area (Å²) in [6, 6.07) is 11.4. The summed E-state index contributed by atoms with van der Waals surface area (Å²) in [5.41, 5.74) is 2.76. The summed E-state index contributed by atoms with van der Waals surface area (Å²) in [5, 5.41) is 9.10. The molecule has 6 heteroatoms. The van der Waals surface area contributed by atoms with Crippen LogP contribution in [0.15, 0.2) is 48.8 Å². The number of nitrogens with zero attached hydrogens (tertiary/aromatic N) is 3. The van der Waals surface area contributed by atoms with Gasteiger partial charge in [0.25, 0.3) is 5.91 Å². The van der Waals surface area contributed by atoms with Crippen molar-refractivity contribution < 1.29 is 10.0 Å². The fraction of sp³-hybridized carbons (Fsp3) is 0.353. The lowest BCUT2D eigenvalue weighted by Gasteiger charge is -2.35. The monoisotopic (exact) mass is 312 g/mol. The number of nitrogens with one attached hydrogen (secondary N) is 1. The molecule has 0 saturated carbocycles. The third-order valence-electron chi connectivity index (χ3n) is 4.40. The highest BCUT2D eigenvalue weighted by Gasteiger charge is 2.33. The van der Waals surface area contributed by atoms with Crippen molar-refractivity contribution >= 4 is 11.9 Å². The second kappa shape index (κ2) is 7.19. The Kier molecular flexibility index (Phi) is 4.83. The van der Waals surface area contributed by atoms with Crippen LogP contribution in [0.2, 0.25) is 0 Å². The molecule has 3 rings (SSSR count). The molecule has 1 aromatic carbocycles. The first-order chi connectivity index (χ1) is 11.3. The van der Waals surface area contributed by atoms with E-state index in [0.29, 0.717) is 0 Å². The molecule has 120 valence electrons. The first-order valence-corrected chi connectivity index (χ1v) is 7.80. The van der Waals surface area contributed by atoms with Crippen LogP contribution in [0.1, 0.15) is 24.3 Å². The Balaban J connectivity index is 1.72. The quantitative estimate of drug-likeness (QED) is 0.667. The minimum atomic E-state index is -0.342. The first kappa shape index (κ1) is 15.4. The van der Waals surface area contributed by atoms with E-state index in [4.69, 9.17) is 5.21 Å². The van der Waals surface area contributed by atoms with Gasteiger partial charge in [-0.1, -0.05) is 30.3 Å². The van der Waals surface area contributed by atoms with Gasteiger partial charge in [-0.25, -0.2) is 15.4 Å². The van der Waals surface area contributed by atoms with Gasteiger partial charge in [-0.2, -0.15) is 0 Å².